The summed E-state index contributed by atoms with van der Waals surface area (Å²) in [6, 6.07) is 9.20. The first kappa shape index (κ1) is 9.68. The van der Waals surface area contributed by atoms with E-state index < -0.39 is 5.60 Å². The number of aliphatic hydroxyl groups is 1. The zero-order valence-corrected chi connectivity index (χ0v) is 7.47. The molecule has 0 aromatic heterocycles. The van der Waals surface area contributed by atoms with Crippen molar-refractivity contribution in [3.8, 4) is 0 Å². The highest BCUT2D eigenvalue weighted by atomic mass is 16.3. The van der Waals surface area contributed by atoms with Gasteiger partial charge in [0.05, 0.1) is 0 Å². The molecule has 0 bridgehead atoms. The Morgan fingerprint density at radius 1 is 1.31 bits per heavy atom. The van der Waals surface area contributed by atoms with Crippen molar-refractivity contribution in [2.45, 2.75) is 12.5 Å². The Balaban J connectivity index is 2.93. The minimum Gasteiger partial charge on any atom is -0.381 e. The minimum absolute atomic E-state index is 0.650. The first-order valence-corrected chi connectivity index (χ1v) is 4.08. The van der Waals surface area contributed by atoms with Gasteiger partial charge in [0.25, 0.3) is 0 Å². The summed E-state index contributed by atoms with van der Waals surface area (Å²) in [4.78, 5) is 10.1. The summed E-state index contributed by atoms with van der Waals surface area (Å²) in [5, 5.41) is 9.87. The second-order valence-electron chi connectivity index (χ2n) is 3.01. The number of hydrogen-bond donors (Lipinski definition) is 1. The fraction of sp³-hybridized carbons (Fsp3) is 0.182. The molecule has 1 N–H and O–H groups in total. The predicted octanol–water partition coefficient (Wildman–Crippen LogP) is 1.65. The summed E-state index contributed by atoms with van der Waals surface area (Å²) in [7, 11) is 0. The van der Waals surface area contributed by atoms with Crippen LogP contribution in [0, 0.1) is 0 Å². The maximum absolute atomic E-state index is 10.1. The van der Waals surface area contributed by atoms with Crippen LogP contribution in [0.5, 0.6) is 0 Å². The van der Waals surface area contributed by atoms with Gasteiger partial charge in [0.15, 0.2) is 0 Å². The van der Waals surface area contributed by atoms with E-state index in [2.05, 4.69) is 0 Å². The summed E-state index contributed by atoms with van der Waals surface area (Å²) in [5.74, 6) is 0. The van der Waals surface area contributed by atoms with Crippen LogP contribution >= 0.6 is 0 Å². The summed E-state index contributed by atoms with van der Waals surface area (Å²) in [6.45, 7) is 1.64. The number of carbonyl (C=O) groups is 1. The third-order valence-electron chi connectivity index (χ3n) is 1.86. The first-order valence-electron chi connectivity index (χ1n) is 4.08. The van der Waals surface area contributed by atoms with E-state index in [0.29, 0.717) is 6.29 Å². The molecule has 68 valence electrons. The third-order valence-corrected chi connectivity index (χ3v) is 1.86. The van der Waals surface area contributed by atoms with Crippen LogP contribution in [-0.4, -0.2) is 11.4 Å². The normalized spacial score (nSPS) is 15.5. The van der Waals surface area contributed by atoms with E-state index in [1.807, 2.05) is 30.3 Å². The summed E-state index contributed by atoms with van der Waals surface area (Å²) < 4.78 is 0. The topological polar surface area (TPSA) is 37.3 Å². The summed E-state index contributed by atoms with van der Waals surface area (Å²) in [6.07, 6.45) is 3.42. The summed E-state index contributed by atoms with van der Waals surface area (Å²) >= 11 is 0. The number of carbonyl (C=O) groups excluding carboxylic acids is 1. The second-order valence-corrected chi connectivity index (χ2v) is 3.01. The van der Waals surface area contributed by atoms with Gasteiger partial charge in [-0.15, -0.1) is 0 Å². The maximum atomic E-state index is 10.1. The minimum atomic E-state index is -1.07. The van der Waals surface area contributed by atoms with Crippen molar-refractivity contribution in [1.29, 1.82) is 0 Å². The molecule has 0 radical (unpaired) electrons. The molecule has 0 spiro atoms. The molecule has 0 heterocycles. The van der Waals surface area contributed by atoms with Crippen LogP contribution < -0.4 is 0 Å². The number of aldehydes is 1. The third kappa shape index (κ3) is 2.53. The standard InChI is InChI=1S/C11H12O2/c1-11(13,8-5-9-12)10-6-3-2-4-7-10/h2-9,13H,1H3/b8-5+/t11-/m1/s1. The SMILES string of the molecule is C[C@@](O)(/C=C/C=O)c1ccccc1. The lowest BCUT2D eigenvalue weighted by Crippen LogP contribution is -2.17. The molecule has 0 amide bonds. The highest BCUT2D eigenvalue weighted by Gasteiger charge is 2.17. The second kappa shape index (κ2) is 4.01. The smallest absolute Gasteiger partial charge is 0.142 e. The fourth-order valence-electron chi connectivity index (χ4n) is 1.10. The molecule has 1 atom stereocenters. The lowest BCUT2D eigenvalue weighted by molar-refractivity contribution is -0.104. The van der Waals surface area contributed by atoms with E-state index in [0.717, 1.165) is 5.56 Å². The van der Waals surface area contributed by atoms with Gasteiger partial charge in [-0.05, 0) is 24.6 Å². The van der Waals surface area contributed by atoms with E-state index >= 15 is 0 Å². The molecule has 0 aliphatic heterocycles. The van der Waals surface area contributed by atoms with Gasteiger partial charge in [-0.1, -0.05) is 30.3 Å². The number of hydrogen-bond acceptors (Lipinski definition) is 2. The van der Waals surface area contributed by atoms with Gasteiger partial charge in [-0.2, -0.15) is 0 Å². The van der Waals surface area contributed by atoms with Crippen molar-refractivity contribution >= 4 is 6.29 Å². The molecule has 1 aromatic carbocycles. The maximum Gasteiger partial charge on any atom is 0.142 e. The molecule has 2 heteroatoms. The van der Waals surface area contributed by atoms with Crippen molar-refractivity contribution in [2.24, 2.45) is 0 Å². The fourth-order valence-corrected chi connectivity index (χ4v) is 1.10. The van der Waals surface area contributed by atoms with Crippen LogP contribution in [0.3, 0.4) is 0 Å². The van der Waals surface area contributed by atoms with E-state index in [1.165, 1.54) is 12.2 Å². The van der Waals surface area contributed by atoms with Crippen molar-refractivity contribution in [2.75, 3.05) is 0 Å². The van der Waals surface area contributed by atoms with Crippen LogP contribution in [0.25, 0.3) is 0 Å². The highest BCUT2D eigenvalue weighted by Crippen LogP contribution is 2.20. The predicted molar refractivity (Wildman–Crippen MR) is 51.2 cm³/mol. The van der Waals surface area contributed by atoms with Crippen molar-refractivity contribution < 1.29 is 9.90 Å². The van der Waals surface area contributed by atoms with E-state index in [4.69, 9.17) is 0 Å². The number of allylic oxidation sites excluding steroid dienone is 1. The van der Waals surface area contributed by atoms with Gasteiger partial charge in [0.2, 0.25) is 0 Å². The summed E-state index contributed by atoms with van der Waals surface area (Å²) in [5.41, 5.74) is -0.296. The van der Waals surface area contributed by atoms with Crippen molar-refractivity contribution in [1.82, 2.24) is 0 Å². The van der Waals surface area contributed by atoms with Crippen molar-refractivity contribution in [3.63, 3.8) is 0 Å². The van der Waals surface area contributed by atoms with Crippen molar-refractivity contribution in [3.05, 3.63) is 48.0 Å². The Bertz CT molecular complexity index is 299. The molecular weight excluding hydrogens is 164 g/mol. The van der Waals surface area contributed by atoms with Gasteiger partial charge in [-0.25, -0.2) is 0 Å². The van der Waals surface area contributed by atoms with Crippen LogP contribution in [-0.2, 0) is 10.4 Å². The van der Waals surface area contributed by atoms with E-state index in [1.54, 1.807) is 6.92 Å². The zero-order valence-electron chi connectivity index (χ0n) is 7.47. The van der Waals surface area contributed by atoms with Gasteiger partial charge in [0.1, 0.15) is 11.9 Å². The Labute approximate surface area is 77.5 Å². The molecule has 0 aliphatic carbocycles. The van der Waals surface area contributed by atoms with Crippen LogP contribution in [0.1, 0.15) is 12.5 Å². The molecule has 13 heavy (non-hydrogen) atoms. The van der Waals surface area contributed by atoms with E-state index in [9.17, 15) is 9.90 Å². The number of rotatable bonds is 3. The lowest BCUT2D eigenvalue weighted by Gasteiger charge is -2.18. The average molecular weight is 176 g/mol. The highest BCUT2D eigenvalue weighted by molar-refractivity contribution is 5.65. The quantitative estimate of drug-likeness (QED) is 0.561. The van der Waals surface area contributed by atoms with Gasteiger partial charge in [0, 0.05) is 0 Å². The zero-order chi connectivity index (χ0) is 9.73. The molecule has 0 aliphatic rings. The lowest BCUT2D eigenvalue weighted by atomic mass is 9.96. The molecule has 0 saturated heterocycles. The molecule has 1 rings (SSSR count). The van der Waals surface area contributed by atoms with Crippen LogP contribution in [0.4, 0.5) is 0 Å². The van der Waals surface area contributed by atoms with Crippen LogP contribution in [0.2, 0.25) is 0 Å². The molecular formula is C11H12O2. The largest absolute Gasteiger partial charge is 0.381 e. The Hall–Kier alpha value is -1.41. The Morgan fingerprint density at radius 2 is 1.92 bits per heavy atom. The van der Waals surface area contributed by atoms with E-state index in [-0.39, 0.29) is 0 Å². The Morgan fingerprint density at radius 3 is 2.46 bits per heavy atom. The number of benzene rings is 1. The molecule has 2 nitrogen and oxygen atoms in total. The average Bonchev–Trinajstić information content (AvgIpc) is 2.16. The molecule has 0 unspecified atom stereocenters. The molecule has 0 fully saturated rings. The molecule has 0 saturated carbocycles. The first-order chi connectivity index (χ1) is 6.17. The molecule has 1 aromatic rings. The van der Waals surface area contributed by atoms with Gasteiger partial charge < -0.3 is 5.11 Å². The van der Waals surface area contributed by atoms with Gasteiger partial charge in [-0.3, -0.25) is 4.79 Å². The van der Waals surface area contributed by atoms with Gasteiger partial charge >= 0.3 is 0 Å². The monoisotopic (exact) mass is 176 g/mol. The Kier molecular flexibility index (Phi) is 2.98. The van der Waals surface area contributed by atoms with Crippen LogP contribution in [0.15, 0.2) is 42.5 Å².